The number of rotatable bonds is 5. The number of allylic oxidation sites excluding steroid dienone is 1. The molecule has 0 unspecified atom stereocenters. The first-order valence-electron chi connectivity index (χ1n) is 3.86. The van der Waals surface area contributed by atoms with E-state index < -0.39 is 19.7 Å². The van der Waals surface area contributed by atoms with Gasteiger partial charge >= 0.3 is 13.6 Å². The van der Waals surface area contributed by atoms with Gasteiger partial charge in [0, 0.05) is 5.57 Å². The highest BCUT2D eigenvalue weighted by Crippen LogP contribution is 2.34. The predicted octanol–water partition coefficient (Wildman–Crippen LogP) is 0.840. The summed E-state index contributed by atoms with van der Waals surface area (Å²) in [4.78, 5) is 28.1. The zero-order valence-corrected chi connectivity index (χ0v) is 8.74. The van der Waals surface area contributed by atoms with Gasteiger partial charge in [-0.05, 0) is 6.92 Å². The van der Waals surface area contributed by atoms with Crippen molar-refractivity contribution < 1.29 is 23.9 Å². The lowest BCUT2D eigenvalue weighted by atomic mass is 10.3. The van der Waals surface area contributed by atoms with Gasteiger partial charge in [-0.3, -0.25) is 4.57 Å². The molecule has 0 aliphatic heterocycles. The molecule has 0 spiro atoms. The first-order chi connectivity index (χ1) is 6.37. The number of carbonyl (C=O) groups excluding carboxylic acids is 1. The van der Waals surface area contributed by atoms with Crippen molar-refractivity contribution in [3.8, 4) is 0 Å². The maximum Gasteiger partial charge on any atom is 0.333 e. The molecule has 0 radical (unpaired) electrons. The van der Waals surface area contributed by atoms with Crippen LogP contribution in [-0.4, -0.2) is 28.5 Å². The Bertz CT molecular complexity index is 288. The Morgan fingerprint density at radius 1 is 1.57 bits per heavy atom. The number of hydrogen-bond donors (Lipinski definition) is 2. The Kier molecular flexibility index (Phi) is 5.38. The highest BCUT2D eigenvalue weighted by Gasteiger charge is 2.12. The lowest BCUT2D eigenvalue weighted by Gasteiger charge is -2.02. The summed E-state index contributed by atoms with van der Waals surface area (Å²) in [7, 11) is -4.09. The second kappa shape index (κ2) is 5.75. The van der Waals surface area contributed by atoms with Crippen molar-refractivity contribution in [3.05, 3.63) is 24.3 Å². The van der Waals surface area contributed by atoms with Crippen molar-refractivity contribution in [1.29, 1.82) is 0 Å². The summed E-state index contributed by atoms with van der Waals surface area (Å²) < 4.78 is 15.1. The lowest BCUT2D eigenvalue weighted by Crippen LogP contribution is -2.06. The third-order valence-electron chi connectivity index (χ3n) is 1.29. The maximum absolute atomic E-state index is 11.0. The van der Waals surface area contributed by atoms with Gasteiger partial charge in [0.25, 0.3) is 0 Å². The molecule has 14 heavy (non-hydrogen) atoms. The van der Waals surface area contributed by atoms with E-state index in [4.69, 9.17) is 9.79 Å². The molecule has 6 heteroatoms. The number of esters is 1. The van der Waals surface area contributed by atoms with Gasteiger partial charge in [-0.25, -0.2) is 4.79 Å². The summed E-state index contributed by atoms with van der Waals surface area (Å²) >= 11 is 0. The van der Waals surface area contributed by atoms with Gasteiger partial charge in [0.15, 0.2) is 0 Å². The third-order valence-corrected chi connectivity index (χ3v) is 1.95. The predicted molar refractivity (Wildman–Crippen MR) is 51.8 cm³/mol. The first-order valence-corrected chi connectivity index (χ1v) is 5.66. The van der Waals surface area contributed by atoms with E-state index in [2.05, 4.69) is 11.3 Å². The van der Waals surface area contributed by atoms with E-state index in [0.29, 0.717) is 0 Å². The fourth-order valence-electron chi connectivity index (χ4n) is 0.588. The fraction of sp³-hybridized carbons (Fsp3) is 0.375. The van der Waals surface area contributed by atoms with Crippen LogP contribution >= 0.6 is 7.60 Å². The summed E-state index contributed by atoms with van der Waals surface area (Å²) in [5.74, 6) is -0.599. The highest BCUT2D eigenvalue weighted by molar-refractivity contribution is 7.51. The zero-order valence-electron chi connectivity index (χ0n) is 7.84. The average Bonchev–Trinajstić information content (AvgIpc) is 2.09. The van der Waals surface area contributed by atoms with E-state index >= 15 is 0 Å². The SMILES string of the molecule is C=CCOC(=O)/C(C)=C/CP(=O)(O)O. The monoisotopic (exact) mass is 220 g/mol. The Labute approximate surface area is 82.2 Å². The minimum absolute atomic E-state index is 0.0833. The van der Waals surface area contributed by atoms with E-state index in [1.807, 2.05) is 0 Å². The van der Waals surface area contributed by atoms with E-state index in [-0.39, 0.29) is 12.2 Å². The third kappa shape index (κ3) is 6.60. The van der Waals surface area contributed by atoms with Crippen molar-refractivity contribution >= 4 is 13.6 Å². The Morgan fingerprint density at radius 2 is 2.14 bits per heavy atom. The molecule has 0 saturated heterocycles. The van der Waals surface area contributed by atoms with Crippen LogP contribution in [0.2, 0.25) is 0 Å². The van der Waals surface area contributed by atoms with Crippen molar-refractivity contribution in [2.24, 2.45) is 0 Å². The smallest absolute Gasteiger partial charge is 0.333 e. The molecule has 0 aliphatic carbocycles. The molecule has 2 N–H and O–H groups in total. The molecule has 0 aromatic carbocycles. The number of carbonyl (C=O) groups is 1. The quantitative estimate of drug-likeness (QED) is 0.310. The Balaban J connectivity index is 4.17. The van der Waals surface area contributed by atoms with E-state index in [9.17, 15) is 9.36 Å². The van der Waals surface area contributed by atoms with Crippen LogP contribution in [0.25, 0.3) is 0 Å². The van der Waals surface area contributed by atoms with Crippen LogP contribution in [0.5, 0.6) is 0 Å². The van der Waals surface area contributed by atoms with Gasteiger partial charge in [0.2, 0.25) is 0 Å². The second-order valence-corrected chi connectivity index (χ2v) is 4.32. The highest BCUT2D eigenvalue weighted by atomic mass is 31.2. The standard InChI is InChI=1S/C8H13O5P/c1-3-5-13-8(9)7(2)4-6-14(10,11)12/h3-4H,1,5-6H2,2H3,(H2,10,11,12)/b7-4+. The van der Waals surface area contributed by atoms with Crippen LogP contribution in [0.15, 0.2) is 24.3 Å². The molecule has 0 aromatic heterocycles. The lowest BCUT2D eigenvalue weighted by molar-refractivity contribution is -0.137. The van der Waals surface area contributed by atoms with Crippen LogP contribution in [0.4, 0.5) is 0 Å². The van der Waals surface area contributed by atoms with E-state index in [0.717, 1.165) is 6.08 Å². The summed E-state index contributed by atoms with van der Waals surface area (Å²) in [5.41, 5.74) is 0.176. The molecular weight excluding hydrogens is 207 g/mol. The largest absolute Gasteiger partial charge is 0.458 e. The van der Waals surface area contributed by atoms with E-state index in [1.165, 1.54) is 13.0 Å². The van der Waals surface area contributed by atoms with E-state index in [1.54, 1.807) is 0 Å². The summed E-state index contributed by atoms with van der Waals surface area (Å²) in [6.07, 6.45) is 2.11. The molecule has 0 fully saturated rings. The van der Waals surface area contributed by atoms with Crippen molar-refractivity contribution in [2.75, 3.05) is 12.8 Å². The first kappa shape index (κ1) is 13.1. The summed E-state index contributed by atoms with van der Waals surface area (Å²) in [6, 6.07) is 0. The topological polar surface area (TPSA) is 83.8 Å². The van der Waals surface area contributed by atoms with Gasteiger partial charge in [-0.2, -0.15) is 0 Å². The van der Waals surface area contributed by atoms with Crippen LogP contribution in [-0.2, 0) is 14.1 Å². The van der Waals surface area contributed by atoms with Crippen molar-refractivity contribution in [3.63, 3.8) is 0 Å². The second-order valence-electron chi connectivity index (χ2n) is 2.62. The van der Waals surface area contributed by atoms with Gasteiger partial charge in [-0.15, -0.1) is 0 Å². The molecule has 0 saturated carbocycles. The molecule has 0 aliphatic rings. The molecule has 0 amide bonds. The Hall–Kier alpha value is -0.900. The molecule has 0 bridgehead atoms. The minimum atomic E-state index is -4.09. The molecule has 0 heterocycles. The fourth-order valence-corrected chi connectivity index (χ4v) is 1.10. The molecule has 0 aromatic rings. The number of hydrogen-bond acceptors (Lipinski definition) is 3. The van der Waals surface area contributed by atoms with Crippen LogP contribution < -0.4 is 0 Å². The van der Waals surface area contributed by atoms with Crippen molar-refractivity contribution in [2.45, 2.75) is 6.92 Å². The normalized spacial score (nSPS) is 12.4. The van der Waals surface area contributed by atoms with Gasteiger partial charge < -0.3 is 14.5 Å². The van der Waals surface area contributed by atoms with Gasteiger partial charge in [0.1, 0.15) is 6.61 Å². The van der Waals surface area contributed by atoms with Crippen LogP contribution in [0.3, 0.4) is 0 Å². The number of ether oxygens (including phenoxy) is 1. The zero-order chi connectivity index (χ0) is 11.2. The Morgan fingerprint density at radius 3 is 2.57 bits per heavy atom. The maximum atomic E-state index is 11.0. The molecule has 0 atom stereocenters. The van der Waals surface area contributed by atoms with Gasteiger partial charge in [-0.1, -0.05) is 18.7 Å². The van der Waals surface area contributed by atoms with Gasteiger partial charge in [0.05, 0.1) is 6.16 Å². The summed E-state index contributed by atoms with van der Waals surface area (Å²) in [5, 5.41) is 0. The average molecular weight is 220 g/mol. The molecule has 5 nitrogen and oxygen atoms in total. The molecule has 0 rings (SSSR count). The summed E-state index contributed by atoms with van der Waals surface area (Å²) in [6.45, 7) is 4.87. The minimum Gasteiger partial charge on any atom is -0.458 e. The van der Waals surface area contributed by atoms with Crippen molar-refractivity contribution in [1.82, 2.24) is 0 Å². The van der Waals surface area contributed by atoms with Crippen LogP contribution in [0.1, 0.15) is 6.92 Å². The molecular formula is C8H13O5P. The van der Waals surface area contributed by atoms with Crippen LogP contribution in [0, 0.1) is 0 Å². The molecule has 80 valence electrons.